The van der Waals surface area contributed by atoms with Gasteiger partial charge in [-0.3, -0.25) is 4.90 Å². The number of nitrogens with one attached hydrogen (secondary N) is 1. The second-order valence-electron chi connectivity index (χ2n) is 7.06. The third kappa shape index (κ3) is 4.19. The first-order valence-corrected chi connectivity index (χ1v) is 9.14. The van der Waals surface area contributed by atoms with Crippen molar-refractivity contribution in [3.63, 3.8) is 0 Å². The lowest BCUT2D eigenvalue weighted by atomic mass is 9.97. The van der Waals surface area contributed by atoms with Gasteiger partial charge in [-0.25, -0.2) is 0 Å². The van der Waals surface area contributed by atoms with E-state index >= 15 is 0 Å². The molecular formula is C17H33N3O. The lowest BCUT2D eigenvalue weighted by Crippen LogP contribution is -2.47. The first-order valence-electron chi connectivity index (χ1n) is 9.14. The van der Waals surface area contributed by atoms with Gasteiger partial charge in [0.25, 0.3) is 0 Å². The maximum Gasteiger partial charge on any atom is 0.0594 e. The maximum atomic E-state index is 5.48. The normalized spacial score (nSPS) is 31.0. The second-order valence-corrected chi connectivity index (χ2v) is 7.06. The number of morpholine rings is 1. The highest BCUT2D eigenvalue weighted by atomic mass is 16.5. The Morgan fingerprint density at radius 2 is 1.86 bits per heavy atom. The van der Waals surface area contributed by atoms with Gasteiger partial charge in [-0.05, 0) is 38.3 Å². The van der Waals surface area contributed by atoms with Crippen molar-refractivity contribution in [2.75, 3.05) is 52.5 Å². The molecule has 2 atom stereocenters. The number of hydrogen-bond acceptors (Lipinski definition) is 4. The van der Waals surface area contributed by atoms with Crippen molar-refractivity contribution in [3.05, 3.63) is 0 Å². The van der Waals surface area contributed by atoms with E-state index in [0.717, 1.165) is 50.8 Å². The summed E-state index contributed by atoms with van der Waals surface area (Å²) in [5.74, 6) is 0.924. The minimum absolute atomic E-state index is 0.723. The van der Waals surface area contributed by atoms with Gasteiger partial charge in [-0.15, -0.1) is 0 Å². The van der Waals surface area contributed by atoms with Crippen molar-refractivity contribution in [2.24, 2.45) is 5.92 Å². The Morgan fingerprint density at radius 3 is 2.57 bits per heavy atom. The molecule has 0 spiro atoms. The molecule has 21 heavy (non-hydrogen) atoms. The summed E-state index contributed by atoms with van der Waals surface area (Å²) >= 11 is 0. The van der Waals surface area contributed by atoms with Crippen LogP contribution in [0, 0.1) is 5.92 Å². The highest BCUT2D eigenvalue weighted by molar-refractivity contribution is 4.89. The zero-order chi connectivity index (χ0) is 14.5. The molecule has 3 fully saturated rings. The average molecular weight is 295 g/mol. The van der Waals surface area contributed by atoms with Gasteiger partial charge in [-0.2, -0.15) is 0 Å². The molecule has 122 valence electrons. The fourth-order valence-electron chi connectivity index (χ4n) is 4.50. The van der Waals surface area contributed by atoms with Gasteiger partial charge in [0.15, 0.2) is 0 Å². The Kier molecular flexibility index (Phi) is 5.92. The molecule has 0 aromatic rings. The largest absolute Gasteiger partial charge is 0.379 e. The van der Waals surface area contributed by atoms with E-state index in [9.17, 15) is 0 Å². The maximum absolute atomic E-state index is 5.48. The van der Waals surface area contributed by atoms with Crippen LogP contribution < -0.4 is 5.32 Å². The highest BCUT2D eigenvalue weighted by Gasteiger charge is 2.32. The number of likely N-dealkylation sites (tertiary alicyclic amines) is 1. The van der Waals surface area contributed by atoms with Crippen LogP contribution in [0.4, 0.5) is 0 Å². The fourth-order valence-corrected chi connectivity index (χ4v) is 4.50. The summed E-state index contributed by atoms with van der Waals surface area (Å²) in [6.45, 7) is 11.3. The summed E-state index contributed by atoms with van der Waals surface area (Å²) in [5, 5.41) is 3.77. The quantitative estimate of drug-likeness (QED) is 0.805. The predicted molar refractivity (Wildman–Crippen MR) is 86.7 cm³/mol. The van der Waals surface area contributed by atoms with E-state index in [-0.39, 0.29) is 0 Å². The topological polar surface area (TPSA) is 27.7 Å². The van der Waals surface area contributed by atoms with Gasteiger partial charge in [-0.1, -0.05) is 19.8 Å². The Morgan fingerprint density at radius 1 is 1.10 bits per heavy atom. The molecule has 0 aromatic heterocycles. The second kappa shape index (κ2) is 7.91. The average Bonchev–Trinajstić information content (AvgIpc) is 3.19. The minimum atomic E-state index is 0.723. The third-order valence-electron chi connectivity index (χ3n) is 5.70. The number of ether oxygens (including phenoxy) is 1. The first-order chi connectivity index (χ1) is 10.4. The van der Waals surface area contributed by atoms with Gasteiger partial charge in [0.1, 0.15) is 0 Å². The zero-order valence-corrected chi connectivity index (χ0v) is 13.7. The van der Waals surface area contributed by atoms with Crippen LogP contribution in [-0.2, 0) is 4.74 Å². The molecule has 2 unspecified atom stereocenters. The molecular weight excluding hydrogens is 262 g/mol. The van der Waals surface area contributed by atoms with Crippen LogP contribution in [0.25, 0.3) is 0 Å². The molecule has 2 heterocycles. The van der Waals surface area contributed by atoms with Crippen LogP contribution in [0.1, 0.15) is 39.0 Å². The van der Waals surface area contributed by atoms with Crippen LogP contribution >= 0.6 is 0 Å². The standard InChI is InChI=1S/C17H33N3O/c1-2-18-17(15-5-3-4-6-15)14-19-8-7-16(13-19)20-9-11-21-12-10-20/h15-18H,2-14H2,1H3. The van der Waals surface area contributed by atoms with Gasteiger partial charge < -0.3 is 15.0 Å². The number of rotatable bonds is 6. The van der Waals surface area contributed by atoms with Gasteiger partial charge >= 0.3 is 0 Å². The van der Waals surface area contributed by atoms with E-state index in [1.54, 1.807) is 0 Å². The van der Waals surface area contributed by atoms with Gasteiger partial charge in [0.2, 0.25) is 0 Å². The molecule has 3 rings (SSSR count). The number of nitrogens with zero attached hydrogens (tertiary/aromatic N) is 2. The van der Waals surface area contributed by atoms with E-state index in [1.807, 2.05) is 0 Å². The highest BCUT2D eigenvalue weighted by Crippen LogP contribution is 2.29. The summed E-state index contributed by atoms with van der Waals surface area (Å²) in [7, 11) is 0. The fraction of sp³-hybridized carbons (Fsp3) is 1.00. The van der Waals surface area contributed by atoms with E-state index in [0.29, 0.717) is 0 Å². The lowest BCUT2D eigenvalue weighted by molar-refractivity contribution is 0.0182. The van der Waals surface area contributed by atoms with E-state index in [1.165, 1.54) is 51.7 Å². The van der Waals surface area contributed by atoms with Crippen molar-refractivity contribution in [1.29, 1.82) is 0 Å². The van der Waals surface area contributed by atoms with Crippen LogP contribution in [0.15, 0.2) is 0 Å². The van der Waals surface area contributed by atoms with E-state index < -0.39 is 0 Å². The van der Waals surface area contributed by atoms with Gasteiger partial charge in [0, 0.05) is 38.3 Å². The molecule has 0 aromatic carbocycles. The summed E-state index contributed by atoms with van der Waals surface area (Å²) in [4.78, 5) is 5.37. The number of hydrogen-bond donors (Lipinski definition) is 1. The molecule has 0 radical (unpaired) electrons. The van der Waals surface area contributed by atoms with Crippen molar-refractivity contribution >= 4 is 0 Å². The molecule has 4 heteroatoms. The third-order valence-corrected chi connectivity index (χ3v) is 5.70. The molecule has 2 saturated heterocycles. The van der Waals surface area contributed by atoms with Crippen LogP contribution in [0.3, 0.4) is 0 Å². The predicted octanol–water partition coefficient (Wildman–Crippen LogP) is 1.56. The van der Waals surface area contributed by atoms with Crippen LogP contribution in [-0.4, -0.2) is 74.4 Å². The zero-order valence-electron chi connectivity index (χ0n) is 13.7. The summed E-state index contributed by atoms with van der Waals surface area (Å²) in [6.07, 6.45) is 7.13. The first kappa shape index (κ1) is 15.7. The molecule has 0 amide bonds. The van der Waals surface area contributed by atoms with Crippen molar-refractivity contribution in [1.82, 2.24) is 15.1 Å². The Labute approximate surface area is 130 Å². The minimum Gasteiger partial charge on any atom is -0.379 e. The van der Waals surface area contributed by atoms with Crippen molar-refractivity contribution in [3.8, 4) is 0 Å². The van der Waals surface area contributed by atoms with Crippen molar-refractivity contribution in [2.45, 2.75) is 51.1 Å². The van der Waals surface area contributed by atoms with E-state index in [4.69, 9.17) is 4.74 Å². The molecule has 2 aliphatic heterocycles. The summed E-state index contributed by atoms with van der Waals surface area (Å²) in [5.41, 5.74) is 0. The van der Waals surface area contributed by atoms with Gasteiger partial charge in [0.05, 0.1) is 13.2 Å². The molecule has 1 N–H and O–H groups in total. The smallest absolute Gasteiger partial charge is 0.0594 e. The lowest BCUT2D eigenvalue weighted by Gasteiger charge is -2.33. The van der Waals surface area contributed by atoms with Crippen molar-refractivity contribution < 1.29 is 4.74 Å². The monoisotopic (exact) mass is 295 g/mol. The molecule has 1 saturated carbocycles. The Bertz CT molecular complexity index is 300. The molecule has 0 bridgehead atoms. The SMILES string of the molecule is CCNC(CN1CCC(N2CCOCC2)C1)C1CCCC1. The van der Waals surface area contributed by atoms with Crippen LogP contribution in [0.2, 0.25) is 0 Å². The summed E-state index contributed by atoms with van der Waals surface area (Å²) < 4.78 is 5.48. The molecule has 3 aliphatic rings. The molecule has 1 aliphatic carbocycles. The van der Waals surface area contributed by atoms with Crippen LogP contribution in [0.5, 0.6) is 0 Å². The van der Waals surface area contributed by atoms with E-state index in [2.05, 4.69) is 22.0 Å². The number of likely N-dealkylation sites (N-methyl/N-ethyl adjacent to an activating group) is 1. The summed E-state index contributed by atoms with van der Waals surface area (Å²) in [6, 6.07) is 1.50. The Hall–Kier alpha value is -0.160. The Balaban J connectivity index is 1.47. The molecule has 4 nitrogen and oxygen atoms in total.